The molecule has 1 aromatic carbocycles. The molecule has 1 unspecified atom stereocenters. The Morgan fingerprint density at radius 1 is 1.26 bits per heavy atom. The van der Waals surface area contributed by atoms with Gasteiger partial charge in [0.05, 0.1) is 17.6 Å². The highest BCUT2D eigenvalue weighted by molar-refractivity contribution is 5.95. The Morgan fingerprint density at radius 2 is 2.11 bits per heavy atom. The van der Waals surface area contributed by atoms with E-state index in [9.17, 15) is 5.11 Å². The van der Waals surface area contributed by atoms with E-state index in [0.29, 0.717) is 0 Å². The highest BCUT2D eigenvalue weighted by Gasteiger charge is 2.36. The van der Waals surface area contributed by atoms with Gasteiger partial charge in [-0.1, -0.05) is 20.8 Å². The minimum Gasteiger partial charge on any atom is -0.396 e. The van der Waals surface area contributed by atoms with Crippen LogP contribution in [0.25, 0.3) is 22.3 Å². The van der Waals surface area contributed by atoms with Crippen LogP contribution >= 0.6 is 0 Å². The zero-order valence-corrected chi connectivity index (χ0v) is 16.4. The van der Waals surface area contributed by atoms with Gasteiger partial charge in [-0.2, -0.15) is 5.10 Å². The number of rotatable bonds is 3. The number of aryl methyl sites for hydroxylation is 2. The molecule has 27 heavy (non-hydrogen) atoms. The zero-order valence-electron chi connectivity index (χ0n) is 16.4. The molecule has 5 nitrogen and oxygen atoms in total. The number of aromatic nitrogens is 3. The van der Waals surface area contributed by atoms with Crippen LogP contribution in [0.2, 0.25) is 0 Å². The van der Waals surface area contributed by atoms with Crippen LogP contribution in [-0.2, 0) is 18.3 Å². The summed E-state index contributed by atoms with van der Waals surface area (Å²) in [7, 11) is 0. The molecule has 142 valence electrons. The van der Waals surface area contributed by atoms with Crippen LogP contribution in [0, 0.1) is 5.92 Å². The van der Waals surface area contributed by atoms with Gasteiger partial charge in [-0.05, 0) is 54.0 Å². The van der Waals surface area contributed by atoms with Gasteiger partial charge in [0.15, 0.2) is 0 Å². The summed E-state index contributed by atoms with van der Waals surface area (Å²) >= 11 is 0. The van der Waals surface area contributed by atoms with Crippen molar-refractivity contribution in [2.75, 3.05) is 24.6 Å². The fourth-order valence-corrected chi connectivity index (χ4v) is 4.98. The van der Waals surface area contributed by atoms with Gasteiger partial charge in [-0.25, -0.2) is 0 Å². The SMILES string of the molecule is CC(CO)CN1CC(C)(C)c2cc3[nH]c4c(c3cc21)CCCc1cn[nH]c1-4. The molecule has 0 saturated heterocycles. The highest BCUT2D eigenvalue weighted by atomic mass is 16.3. The van der Waals surface area contributed by atoms with E-state index in [4.69, 9.17) is 0 Å². The molecule has 3 heterocycles. The van der Waals surface area contributed by atoms with Crippen molar-refractivity contribution in [3.05, 3.63) is 35.0 Å². The molecule has 3 N–H and O–H groups in total. The first-order valence-electron chi connectivity index (χ1n) is 10.1. The molecular formula is C22H28N4O. The molecule has 5 heteroatoms. The van der Waals surface area contributed by atoms with Crippen molar-refractivity contribution >= 4 is 16.6 Å². The number of aromatic amines is 2. The van der Waals surface area contributed by atoms with Gasteiger partial charge in [0.25, 0.3) is 0 Å². The lowest BCUT2D eigenvalue weighted by molar-refractivity contribution is 0.239. The fourth-order valence-electron chi connectivity index (χ4n) is 4.98. The first-order chi connectivity index (χ1) is 13.0. The molecule has 0 fully saturated rings. The number of hydrogen-bond acceptors (Lipinski definition) is 3. The minimum atomic E-state index is 0.111. The summed E-state index contributed by atoms with van der Waals surface area (Å²) in [5, 5.41) is 18.4. The van der Waals surface area contributed by atoms with Gasteiger partial charge in [0, 0.05) is 41.7 Å². The second-order valence-corrected chi connectivity index (χ2v) is 9.07. The summed E-state index contributed by atoms with van der Waals surface area (Å²) in [4.78, 5) is 6.17. The van der Waals surface area contributed by atoms with E-state index in [1.807, 2.05) is 6.20 Å². The largest absolute Gasteiger partial charge is 0.396 e. The van der Waals surface area contributed by atoms with E-state index in [-0.39, 0.29) is 17.9 Å². The highest BCUT2D eigenvalue weighted by Crippen LogP contribution is 2.45. The van der Waals surface area contributed by atoms with E-state index < -0.39 is 0 Å². The van der Waals surface area contributed by atoms with Crippen LogP contribution in [0.4, 0.5) is 5.69 Å². The lowest BCUT2D eigenvalue weighted by Gasteiger charge is -2.24. The molecule has 0 radical (unpaired) electrons. The third kappa shape index (κ3) is 2.52. The summed E-state index contributed by atoms with van der Waals surface area (Å²) in [5.74, 6) is 0.276. The zero-order chi connectivity index (χ0) is 18.8. The average molecular weight is 364 g/mol. The topological polar surface area (TPSA) is 67.9 Å². The molecule has 1 aliphatic carbocycles. The van der Waals surface area contributed by atoms with E-state index in [1.54, 1.807) is 0 Å². The van der Waals surface area contributed by atoms with Crippen molar-refractivity contribution in [2.45, 2.75) is 45.4 Å². The van der Waals surface area contributed by atoms with E-state index >= 15 is 0 Å². The smallest absolute Gasteiger partial charge is 0.0847 e. The number of fused-ring (bicyclic) bond motifs is 6. The first kappa shape index (κ1) is 16.9. The van der Waals surface area contributed by atoms with E-state index in [0.717, 1.165) is 38.0 Å². The molecule has 2 aromatic heterocycles. The van der Waals surface area contributed by atoms with Crippen LogP contribution in [0.3, 0.4) is 0 Å². The Hall–Kier alpha value is -2.27. The third-order valence-corrected chi connectivity index (χ3v) is 6.36. The van der Waals surface area contributed by atoms with Crippen LogP contribution < -0.4 is 4.90 Å². The number of benzene rings is 1. The summed E-state index contributed by atoms with van der Waals surface area (Å²) in [6.45, 7) is 8.90. The van der Waals surface area contributed by atoms with E-state index in [2.05, 4.69) is 53.0 Å². The number of H-pyrrole nitrogens is 2. The predicted molar refractivity (Wildman–Crippen MR) is 109 cm³/mol. The number of aliphatic hydroxyl groups is 1. The van der Waals surface area contributed by atoms with Crippen LogP contribution in [0.1, 0.15) is 43.9 Å². The summed E-state index contributed by atoms with van der Waals surface area (Å²) in [5.41, 5.74) is 9.18. The van der Waals surface area contributed by atoms with Crippen molar-refractivity contribution < 1.29 is 5.11 Å². The maximum Gasteiger partial charge on any atom is 0.0847 e. The molecule has 0 spiro atoms. The first-order valence-corrected chi connectivity index (χ1v) is 10.1. The Balaban J connectivity index is 1.69. The molecule has 0 saturated carbocycles. The van der Waals surface area contributed by atoms with Crippen LogP contribution in [0.15, 0.2) is 18.3 Å². The molecule has 2 aliphatic rings. The number of hydrogen-bond donors (Lipinski definition) is 3. The Labute approximate surface area is 159 Å². The summed E-state index contributed by atoms with van der Waals surface area (Å²) in [6.07, 6.45) is 5.29. The van der Waals surface area contributed by atoms with Crippen LogP contribution in [0.5, 0.6) is 0 Å². The van der Waals surface area contributed by atoms with Gasteiger partial charge in [-0.3, -0.25) is 5.10 Å². The summed E-state index contributed by atoms with van der Waals surface area (Å²) in [6, 6.07) is 4.75. The molecule has 0 amide bonds. The average Bonchev–Trinajstić information content (AvgIpc) is 3.27. The second-order valence-electron chi connectivity index (χ2n) is 9.07. The van der Waals surface area contributed by atoms with Gasteiger partial charge < -0.3 is 15.0 Å². The van der Waals surface area contributed by atoms with Gasteiger partial charge in [0.2, 0.25) is 0 Å². The maximum absolute atomic E-state index is 9.53. The van der Waals surface area contributed by atoms with Gasteiger partial charge >= 0.3 is 0 Å². The van der Waals surface area contributed by atoms with Crippen molar-refractivity contribution in [3.63, 3.8) is 0 Å². The molecular weight excluding hydrogens is 336 g/mol. The molecule has 5 rings (SSSR count). The second kappa shape index (κ2) is 5.86. The third-order valence-electron chi connectivity index (χ3n) is 6.36. The van der Waals surface area contributed by atoms with Gasteiger partial charge in [0.1, 0.15) is 0 Å². The fraction of sp³-hybridized carbons (Fsp3) is 0.500. The number of aliphatic hydroxyl groups excluding tert-OH is 1. The normalized spacial score (nSPS) is 18.9. The Bertz CT molecular complexity index is 1010. The molecule has 1 aliphatic heterocycles. The molecule has 0 bridgehead atoms. The standard InChI is InChI=1S/C22H28N4O/c1-13(11-27)10-26-12-22(2,3)17-8-18-16(7-19(17)26)15-6-4-5-14-9-23-25-20(14)21(15)24-18/h7-9,13,24,27H,4-6,10-12H2,1-3H3,(H,23,25). The quantitative estimate of drug-likeness (QED) is 0.663. The Morgan fingerprint density at radius 3 is 2.93 bits per heavy atom. The minimum absolute atomic E-state index is 0.111. The molecule has 3 aromatic rings. The molecule has 1 atom stereocenters. The summed E-state index contributed by atoms with van der Waals surface area (Å²) < 4.78 is 0. The number of nitrogens with zero attached hydrogens (tertiary/aromatic N) is 2. The van der Waals surface area contributed by atoms with Crippen molar-refractivity contribution in [3.8, 4) is 11.4 Å². The number of anilines is 1. The van der Waals surface area contributed by atoms with Crippen molar-refractivity contribution in [2.24, 2.45) is 5.92 Å². The van der Waals surface area contributed by atoms with Gasteiger partial charge in [-0.15, -0.1) is 0 Å². The maximum atomic E-state index is 9.53. The van der Waals surface area contributed by atoms with Crippen molar-refractivity contribution in [1.82, 2.24) is 15.2 Å². The monoisotopic (exact) mass is 364 g/mol. The lowest BCUT2D eigenvalue weighted by atomic mass is 9.86. The number of nitrogens with one attached hydrogen (secondary N) is 2. The van der Waals surface area contributed by atoms with E-state index in [1.165, 1.54) is 39.0 Å². The predicted octanol–water partition coefficient (Wildman–Crippen LogP) is 3.77. The van der Waals surface area contributed by atoms with Crippen LogP contribution in [-0.4, -0.2) is 40.0 Å². The Kier molecular flexibility index (Phi) is 3.66. The van der Waals surface area contributed by atoms with Crippen molar-refractivity contribution in [1.29, 1.82) is 0 Å². The lowest BCUT2D eigenvalue weighted by Crippen LogP contribution is -2.32.